The van der Waals surface area contributed by atoms with Crippen molar-refractivity contribution in [3.63, 3.8) is 0 Å². The molecule has 5 heteroatoms. The second-order valence-electron chi connectivity index (χ2n) is 5.30. The zero-order valence-corrected chi connectivity index (χ0v) is 12.6. The zero-order chi connectivity index (χ0) is 13.8. The molecule has 0 aromatic carbocycles. The molecule has 106 valence electrons. The lowest BCUT2D eigenvalue weighted by molar-refractivity contribution is 0.0595. The quantitative estimate of drug-likeness (QED) is 0.923. The molecular formula is C14H23N3OS. The summed E-state index contributed by atoms with van der Waals surface area (Å²) in [4.78, 5) is 19.0. The number of carbonyl (C=O) groups excluding carboxylic acids is 1. The summed E-state index contributed by atoms with van der Waals surface area (Å²) in [6.45, 7) is 4.94. The predicted octanol–water partition coefficient (Wildman–Crippen LogP) is 2.96. The molecule has 1 fully saturated rings. The second-order valence-corrected chi connectivity index (χ2v) is 6.19. The highest BCUT2D eigenvalue weighted by molar-refractivity contribution is 7.09. The Labute approximate surface area is 119 Å². The van der Waals surface area contributed by atoms with Gasteiger partial charge in [-0.15, -0.1) is 11.3 Å². The molecule has 0 bridgehead atoms. The molecule has 2 rings (SSSR count). The number of piperidine rings is 1. The Balaban J connectivity index is 2.11. The molecule has 1 aliphatic rings. The summed E-state index contributed by atoms with van der Waals surface area (Å²) in [7, 11) is 0. The average molecular weight is 281 g/mol. The van der Waals surface area contributed by atoms with Gasteiger partial charge in [0, 0.05) is 18.0 Å². The second kappa shape index (κ2) is 6.48. The Kier molecular flexibility index (Phi) is 4.93. The number of amides is 1. The molecule has 0 aliphatic carbocycles. The maximum absolute atomic E-state index is 12.6. The number of hydrogen-bond donors (Lipinski definition) is 1. The van der Waals surface area contributed by atoms with Gasteiger partial charge in [0.15, 0.2) is 0 Å². The zero-order valence-electron chi connectivity index (χ0n) is 11.8. The first-order valence-electron chi connectivity index (χ1n) is 7.15. The number of nitrogens with zero attached hydrogens (tertiary/aromatic N) is 2. The molecule has 19 heavy (non-hydrogen) atoms. The standard InChI is InChI=1S/C14H23N3OS/c1-3-6-11-7-4-5-8-17(11)14(18)12-9-19-13(16-12)10(2)15/h9-11H,3-8,15H2,1-2H3. The molecule has 0 radical (unpaired) electrons. The first-order valence-corrected chi connectivity index (χ1v) is 8.03. The van der Waals surface area contributed by atoms with Crippen LogP contribution >= 0.6 is 11.3 Å². The molecule has 2 N–H and O–H groups in total. The van der Waals surface area contributed by atoms with Gasteiger partial charge in [0.2, 0.25) is 0 Å². The molecule has 0 spiro atoms. The van der Waals surface area contributed by atoms with Crippen molar-refractivity contribution in [1.82, 2.24) is 9.88 Å². The van der Waals surface area contributed by atoms with E-state index in [9.17, 15) is 4.79 Å². The summed E-state index contributed by atoms with van der Waals surface area (Å²) in [5.41, 5.74) is 6.37. The fourth-order valence-electron chi connectivity index (χ4n) is 2.64. The van der Waals surface area contributed by atoms with Crippen LogP contribution in [-0.4, -0.2) is 28.4 Å². The van der Waals surface area contributed by atoms with Gasteiger partial charge in [-0.25, -0.2) is 4.98 Å². The van der Waals surface area contributed by atoms with E-state index >= 15 is 0 Å². The summed E-state index contributed by atoms with van der Waals surface area (Å²) in [5, 5.41) is 2.69. The monoisotopic (exact) mass is 281 g/mol. The van der Waals surface area contributed by atoms with Crippen molar-refractivity contribution < 1.29 is 4.79 Å². The third-order valence-corrected chi connectivity index (χ3v) is 4.69. The number of likely N-dealkylation sites (tertiary alicyclic amines) is 1. The summed E-state index contributed by atoms with van der Waals surface area (Å²) in [6.07, 6.45) is 5.68. The topological polar surface area (TPSA) is 59.2 Å². The Hall–Kier alpha value is -0.940. The van der Waals surface area contributed by atoms with Gasteiger partial charge in [-0.1, -0.05) is 13.3 Å². The van der Waals surface area contributed by atoms with Gasteiger partial charge in [0.1, 0.15) is 10.7 Å². The van der Waals surface area contributed by atoms with E-state index in [1.807, 2.05) is 17.2 Å². The third kappa shape index (κ3) is 3.34. The fourth-order valence-corrected chi connectivity index (χ4v) is 3.40. The van der Waals surface area contributed by atoms with Crippen LogP contribution in [0.4, 0.5) is 0 Å². The summed E-state index contributed by atoms with van der Waals surface area (Å²) in [6, 6.07) is 0.297. The molecule has 1 aliphatic heterocycles. The predicted molar refractivity (Wildman–Crippen MR) is 78.3 cm³/mol. The third-order valence-electron chi connectivity index (χ3n) is 3.64. The van der Waals surface area contributed by atoms with Crippen molar-refractivity contribution in [1.29, 1.82) is 0 Å². The normalized spacial score (nSPS) is 21.4. The molecule has 1 aromatic heterocycles. The number of aromatic nitrogens is 1. The molecule has 0 saturated carbocycles. The van der Waals surface area contributed by atoms with E-state index in [1.54, 1.807) is 0 Å². The van der Waals surface area contributed by atoms with E-state index < -0.39 is 0 Å². The summed E-state index contributed by atoms with van der Waals surface area (Å²) in [5.74, 6) is 0.0845. The van der Waals surface area contributed by atoms with Crippen LogP contribution in [0.2, 0.25) is 0 Å². The van der Waals surface area contributed by atoms with Gasteiger partial charge in [0.25, 0.3) is 5.91 Å². The van der Waals surface area contributed by atoms with E-state index in [4.69, 9.17) is 5.73 Å². The number of thiazole rings is 1. The molecule has 4 nitrogen and oxygen atoms in total. The highest BCUT2D eigenvalue weighted by Gasteiger charge is 2.28. The first kappa shape index (κ1) is 14.5. The molecule has 1 saturated heterocycles. The average Bonchev–Trinajstić information content (AvgIpc) is 2.89. The van der Waals surface area contributed by atoms with Crippen molar-refractivity contribution in [2.24, 2.45) is 5.73 Å². The molecule has 2 atom stereocenters. The molecule has 2 heterocycles. The first-order chi connectivity index (χ1) is 9.13. The largest absolute Gasteiger partial charge is 0.334 e. The molecule has 2 unspecified atom stereocenters. The van der Waals surface area contributed by atoms with Gasteiger partial charge in [0.05, 0.1) is 6.04 Å². The van der Waals surface area contributed by atoms with Crippen molar-refractivity contribution in [2.45, 2.75) is 58.0 Å². The van der Waals surface area contributed by atoms with Gasteiger partial charge in [-0.3, -0.25) is 4.79 Å². The van der Waals surface area contributed by atoms with Crippen molar-refractivity contribution in [3.8, 4) is 0 Å². The maximum Gasteiger partial charge on any atom is 0.273 e. The lowest BCUT2D eigenvalue weighted by Crippen LogP contribution is -2.43. The fraction of sp³-hybridized carbons (Fsp3) is 0.714. The smallest absolute Gasteiger partial charge is 0.273 e. The minimum atomic E-state index is -0.0978. The van der Waals surface area contributed by atoms with Crippen LogP contribution in [0.5, 0.6) is 0 Å². The van der Waals surface area contributed by atoms with Gasteiger partial charge in [-0.05, 0) is 32.6 Å². The van der Waals surface area contributed by atoms with Crippen LogP contribution in [0.25, 0.3) is 0 Å². The lowest BCUT2D eigenvalue weighted by atomic mass is 9.98. The minimum absolute atomic E-state index is 0.0845. The van der Waals surface area contributed by atoms with Crippen molar-refractivity contribution in [2.75, 3.05) is 6.54 Å². The van der Waals surface area contributed by atoms with E-state index in [0.717, 1.165) is 37.2 Å². The van der Waals surface area contributed by atoms with Crippen LogP contribution in [-0.2, 0) is 0 Å². The van der Waals surface area contributed by atoms with Crippen LogP contribution in [0.15, 0.2) is 5.38 Å². The Morgan fingerprint density at radius 3 is 3.05 bits per heavy atom. The van der Waals surface area contributed by atoms with E-state index in [1.165, 1.54) is 17.8 Å². The van der Waals surface area contributed by atoms with Crippen molar-refractivity contribution in [3.05, 3.63) is 16.1 Å². The molecule has 1 amide bonds. The molecule has 1 aromatic rings. The van der Waals surface area contributed by atoms with Crippen LogP contribution < -0.4 is 5.73 Å². The summed E-state index contributed by atoms with van der Waals surface area (Å²) >= 11 is 1.48. The van der Waals surface area contributed by atoms with Crippen LogP contribution in [0.3, 0.4) is 0 Å². The maximum atomic E-state index is 12.6. The molecular weight excluding hydrogens is 258 g/mol. The van der Waals surface area contributed by atoms with Gasteiger partial charge < -0.3 is 10.6 Å². The SMILES string of the molecule is CCCC1CCCCN1C(=O)c1csc(C(C)N)n1. The number of carbonyl (C=O) groups is 1. The Bertz CT molecular complexity index is 428. The van der Waals surface area contributed by atoms with Gasteiger partial charge >= 0.3 is 0 Å². The van der Waals surface area contributed by atoms with Gasteiger partial charge in [-0.2, -0.15) is 0 Å². The van der Waals surface area contributed by atoms with E-state index in [0.29, 0.717) is 11.7 Å². The summed E-state index contributed by atoms with van der Waals surface area (Å²) < 4.78 is 0. The van der Waals surface area contributed by atoms with Crippen molar-refractivity contribution >= 4 is 17.2 Å². The Morgan fingerprint density at radius 1 is 1.63 bits per heavy atom. The van der Waals surface area contributed by atoms with E-state index in [2.05, 4.69) is 11.9 Å². The number of hydrogen-bond acceptors (Lipinski definition) is 4. The Morgan fingerprint density at radius 2 is 2.42 bits per heavy atom. The van der Waals surface area contributed by atoms with Crippen LogP contribution in [0, 0.1) is 0 Å². The van der Waals surface area contributed by atoms with E-state index in [-0.39, 0.29) is 11.9 Å². The lowest BCUT2D eigenvalue weighted by Gasteiger charge is -2.35. The highest BCUT2D eigenvalue weighted by Crippen LogP contribution is 2.24. The number of nitrogens with two attached hydrogens (primary N) is 1. The highest BCUT2D eigenvalue weighted by atomic mass is 32.1. The van der Waals surface area contributed by atoms with Crippen LogP contribution in [0.1, 0.15) is 67.5 Å². The number of rotatable bonds is 4. The minimum Gasteiger partial charge on any atom is -0.334 e.